The first-order valence-electron chi connectivity index (χ1n) is 13.1. The van der Waals surface area contributed by atoms with E-state index in [2.05, 4.69) is 34.5 Å². The second kappa shape index (κ2) is 11.1. The highest BCUT2D eigenvalue weighted by molar-refractivity contribution is 7.80. The van der Waals surface area contributed by atoms with Gasteiger partial charge in [0.15, 0.2) is 0 Å². The molecular weight excluding hydrogens is 482 g/mol. The highest BCUT2D eigenvalue weighted by atomic mass is 32.1. The maximum atomic E-state index is 13.9. The van der Waals surface area contributed by atoms with E-state index in [0.29, 0.717) is 44.0 Å². The Balaban J connectivity index is 1.28. The molecule has 194 valence electrons. The van der Waals surface area contributed by atoms with Crippen LogP contribution in [0.4, 0.5) is 5.69 Å². The summed E-state index contributed by atoms with van der Waals surface area (Å²) in [4.78, 5) is 35.8. The van der Waals surface area contributed by atoms with Crippen LogP contribution in [0.15, 0.2) is 59.4 Å². The van der Waals surface area contributed by atoms with Crippen molar-refractivity contribution < 1.29 is 4.79 Å². The number of anilines is 1. The second-order valence-corrected chi connectivity index (χ2v) is 10.6. The third kappa shape index (κ3) is 5.31. The van der Waals surface area contributed by atoms with Crippen LogP contribution in [-0.2, 0) is 17.8 Å². The molecule has 0 radical (unpaired) electrons. The van der Waals surface area contributed by atoms with E-state index < -0.39 is 5.37 Å². The molecule has 2 aliphatic rings. The number of benzene rings is 2. The third-order valence-electron chi connectivity index (χ3n) is 7.47. The number of carbonyl (C=O) groups is 1. The summed E-state index contributed by atoms with van der Waals surface area (Å²) >= 11 is 4.78. The number of hydrogen-bond donors (Lipinski definition) is 2. The molecule has 1 aliphatic heterocycles. The van der Waals surface area contributed by atoms with Gasteiger partial charge in [-0.05, 0) is 42.7 Å². The SMILES string of the molecule is CN(C)c1ccc(CNCCC(=O)N2CCc3nc(C4CCC4)n(-c4ccccc4)c(=O)c3C2S)cc1. The molecule has 1 aromatic heterocycles. The molecular formula is C29H35N5O2S. The van der Waals surface area contributed by atoms with Crippen molar-refractivity contribution >= 4 is 24.2 Å². The predicted molar refractivity (Wildman–Crippen MR) is 151 cm³/mol. The number of rotatable bonds is 8. The number of thiol groups is 1. The third-order valence-corrected chi connectivity index (χ3v) is 8.01. The fourth-order valence-electron chi connectivity index (χ4n) is 5.06. The summed E-state index contributed by atoms with van der Waals surface area (Å²) in [5, 5.41) is 2.77. The average Bonchev–Trinajstić information content (AvgIpc) is 2.86. The number of nitrogens with one attached hydrogen (secondary N) is 1. The minimum absolute atomic E-state index is 0.00478. The van der Waals surface area contributed by atoms with Crippen LogP contribution in [0.1, 0.15) is 59.6 Å². The molecule has 2 aromatic carbocycles. The van der Waals surface area contributed by atoms with E-state index in [1.807, 2.05) is 44.4 Å². The lowest BCUT2D eigenvalue weighted by Gasteiger charge is -2.35. The first-order chi connectivity index (χ1) is 17.9. The normalized spacial score (nSPS) is 17.3. The van der Waals surface area contributed by atoms with Crippen molar-refractivity contribution in [3.05, 3.63) is 87.6 Å². The maximum Gasteiger partial charge on any atom is 0.264 e. The van der Waals surface area contributed by atoms with E-state index >= 15 is 0 Å². The summed E-state index contributed by atoms with van der Waals surface area (Å²) in [5.74, 6) is 1.15. The molecule has 1 unspecified atom stereocenters. The Morgan fingerprint density at radius 1 is 1.11 bits per heavy atom. The molecule has 8 heteroatoms. The van der Waals surface area contributed by atoms with Crippen LogP contribution in [-0.4, -0.2) is 47.5 Å². The standard InChI is InChI=1S/C29H35N5O2S/c1-32(2)22-13-11-20(12-14-22)19-30-17-15-25(35)33-18-16-24-26(29(33)37)28(36)34(23-9-4-3-5-10-23)27(31-24)21-7-6-8-21/h3-5,9-14,21,29-30,37H,6-8,15-19H2,1-2H3. The Morgan fingerprint density at radius 2 is 1.84 bits per heavy atom. The molecule has 7 nitrogen and oxygen atoms in total. The van der Waals surface area contributed by atoms with Crippen molar-refractivity contribution in [3.8, 4) is 5.69 Å². The molecule has 0 bridgehead atoms. The van der Waals surface area contributed by atoms with Gasteiger partial charge in [0.25, 0.3) is 5.56 Å². The lowest BCUT2D eigenvalue weighted by atomic mass is 9.84. The number of nitrogens with zero attached hydrogens (tertiary/aromatic N) is 4. The van der Waals surface area contributed by atoms with Gasteiger partial charge < -0.3 is 15.1 Å². The Morgan fingerprint density at radius 3 is 2.49 bits per heavy atom. The van der Waals surface area contributed by atoms with E-state index in [9.17, 15) is 9.59 Å². The summed E-state index contributed by atoms with van der Waals surface area (Å²) in [6, 6.07) is 18.1. The van der Waals surface area contributed by atoms with Crippen molar-refractivity contribution in [2.75, 3.05) is 32.1 Å². The van der Waals surface area contributed by atoms with E-state index in [0.717, 1.165) is 35.7 Å². The molecule has 0 spiro atoms. The van der Waals surface area contributed by atoms with Gasteiger partial charge in [-0.15, -0.1) is 12.6 Å². The zero-order chi connectivity index (χ0) is 25.9. The molecule has 3 aromatic rings. The van der Waals surface area contributed by atoms with Crippen LogP contribution in [0.2, 0.25) is 0 Å². The van der Waals surface area contributed by atoms with Crippen molar-refractivity contribution in [3.63, 3.8) is 0 Å². The molecule has 1 amide bonds. The topological polar surface area (TPSA) is 70.5 Å². The molecule has 1 atom stereocenters. The van der Waals surface area contributed by atoms with Gasteiger partial charge in [0, 0.05) is 58.2 Å². The van der Waals surface area contributed by atoms with Gasteiger partial charge in [-0.25, -0.2) is 4.98 Å². The van der Waals surface area contributed by atoms with Crippen molar-refractivity contribution in [1.82, 2.24) is 19.8 Å². The van der Waals surface area contributed by atoms with Gasteiger partial charge in [0.2, 0.25) is 5.91 Å². The van der Waals surface area contributed by atoms with Gasteiger partial charge >= 0.3 is 0 Å². The first-order valence-corrected chi connectivity index (χ1v) is 13.6. The van der Waals surface area contributed by atoms with Crippen molar-refractivity contribution in [1.29, 1.82) is 0 Å². The number of aromatic nitrogens is 2. The Labute approximate surface area is 223 Å². The number of hydrogen-bond acceptors (Lipinski definition) is 6. The molecule has 1 aliphatic carbocycles. The van der Waals surface area contributed by atoms with Crippen LogP contribution in [0, 0.1) is 0 Å². The van der Waals surface area contributed by atoms with Crippen molar-refractivity contribution in [2.24, 2.45) is 0 Å². The minimum atomic E-state index is -0.597. The van der Waals surface area contributed by atoms with Gasteiger partial charge in [-0.2, -0.15) is 0 Å². The van der Waals surface area contributed by atoms with Gasteiger partial charge in [-0.3, -0.25) is 14.2 Å². The highest BCUT2D eigenvalue weighted by Crippen LogP contribution is 2.38. The van der Waals surface area contributed by atoms with Crippen LogP contribution < -0.4 is 15.8 Å². The van der Waals surface area contributed by atoms with Crippen LogP contribution in [0.5, 0.6) is 0 Å². The Bertz CT molecular complexity index is 1300. The zero-order valence-electron chi connectivity index (χ0n) is 21.6. The van der Waals surface area contributed by atoms with Crippen LogP contribution in [0.3, 0.4) is 0 Å². The van der Waals surface area contributed by atoms with Gasteiger partial charge in [0.1, 0.15) is 11.2 Å². The van der Waals surface area contributed by atoms with E-state index in [1.54, 1.807) is 9.47 Å². The molecule has 1 saturated carbocycles. The van der Waals surface area contributed by atoms with Crippen molar-refractivity contribution in [2.45, 2.75) is 49.9 Å². The molecule has 2 heterocycles. The zero-order valence-corrected chi connectivity index (χ0v) is 22.5. The van der Waals surface area contributed by atoms with E-state index in [4.69, 9.17) is 17.6 Å². The van der Waals surface area contributed by atoms with Gasteiger partial charge in [-0.1, -0.05) is 36.8 Å². The predicted octanol–water partition coefficient (Wildman–Crippen LogP) is 4.06. The molecule has 0 saturated heterocycles. The van der Waals surface area contributed by atoms with E-state index in [-0.39, 0.29) is 11.5 Å². The highest BCUT2D eigenvalue weighted by Gasteiger charge is 2.35. The monoisotopic (exact) mass is 517 g/mol. The fourth-order valence-corrected chi connectivity index (χ4v) is 5.57. The largest absolute Gasteiger partial charge is 0.378 e. The second-order valence-electron chi connectivity index (χ2n) is 10.1. The average molecular weight is 518 g/mol. The lowest BCUT2D eigenvalue weighted by molar-refractivity contribution is -0.132. The fraction of sp³-hybridized carbons (Fsp3) is 0.414. The molecule has 1 fully saturated rings. The smallest absolute Gasteiger partial charge is 0.264 e. The quantitative estimate of drug-likeness (QED) is 0.348. The number of fused-ring (bicyclic) bond motifs is 1. The maximum absolute atomic E-state index is 13.9. The summed E-state index contributed by atoms with van der Waals surface area (Å²) in [5.41, 5.74) is 4.37. The molecule has 1 N–H and O–H groups in total. The van der Waals surface area contributed by atoms with Gasteiger partial charge in [0.05, 0.1) is 16.9 Å². The lowest BCUT2D eigenvalue weighted by Crippen LogP contribution is -2.44. The summed E-state index contributed by atoms with van der Waals surface area (Å²) in [6.45, 7) is 1.78. The Hall–Kier alpha value is -3.10. The number of para-hydroxylation sites is 1. The molecule has 5 rings (SSSR count). The first kappa shape index (κ1) is 25.5. The summed E-state index contributed by atoms with van der Waals surface area (Å²) < 4.78 is 1.75. The summed E-state index contributed by atoms with van der Waals surface area (Å²) in [7, 11) is 4.04. The molecule has 37 heavy (non-hydrogen) atoms. The number of amides is 1. The number of carbonyl (C=O) groups excluding carboxylic acids is 1. The minimum Gasteiger partial charge on any atom is -0.378 e. The van der Waals surface area contributed by atoms with Crippen LogP contribution in [0.25, 0.3) is 5.69 Å². The van der Waals surface area contributed by atoms with E-state index in [1.165, 1.54) is 12.0 Å². The Kier molecular flexibility index (Phi) is 7.67. The van der Waals surface area contributed by atoms with Crippen LogP contribution >= 0.6 is 12.6 Å². The summed E-state index contributed by atoms with van der Waals surface area (Å²) in [6.07, 6.45) is 4.20.